The van der Waals surface area contributed by atoms with Crippen LogP contribution in [0.25, 0.3) is 0 Å². The number of benzene rings is 1. The molecule has 1 aliphatic heterocycles. The van der Waals surface area contributed by atoms with Gasteiger partial charge in [0.25, 0.3) is 5.91 Å². The van der Waals surface area contributed by atoms with Crippen LogP contribution in [-0.2, 0) is 4.79 Å². The highest BCUT2D eigenvalue weighted by Crippen LogP contribution is 2.32. The third kappa shape index (κ3) is 4.31. The number of amides is 2. The van der Waals surface area contributed by atoms with E-state index in [1.54, 1.807) is 48.5 Å². The van der Waals surface area contributed by atoms with Crippen LogP contribution in [0.2, 0.25) is 10.0 Å². The van der Waals surface area contributed by atoms with Gasteiger partial charge >= 0.3 is 0 Å². The summed E-state index contributed by atoms with van der Waals surface area (Å²) in [7, 11) is 1.76. The summed E-state index contributed by atoms with van der Waals surface area (Å²) in [5.74, 6) is -0.126. The van der Waals surface area contributed by atoms with Crippen LogP contribution >= 0.6 is 39.1 Å². The van der Waals surface area contributed by atoms with Crippen molar-refractivity contribution < 1.29 is 9.59 Å². The lowest BCUT2D eigenvalue weighted by Gasteiger charge is -2.23. The van der Waals surface area contributed by atoms with E-state index in [1.807, 2.05) is 0 Å². The van der Waals surface area contributed by atoms with E-state index in [2.05, 4.69) is 31.3 Å². The highest BCUT2D eigenvalue weighted by molar-refractivity contribution is 9.18. The molecule has 30 heavy (non-hydrogen) atoms. The second-order valence-corrected chi connectivity index (χ2v) is 8.93. The van der Waals surface area contributed by atoms with Crippen molar-refractivity contribution in [3.8, 4) is 0 Å². The molecule has 10 heteroatoms. The predicted molar refractivity (Wildman–Crippen MR) is 122 cm³/mol. The van der Waals surface area contributed by atoms with E-state index in [0.717, 1.165) is 12.8 Å². The number of nitrogens with zero attached hydrogens (tertiary/aromatic N) is 4. The number of pyridine rings is 1. The highest BCUT2D eigenvalue weighted by atomic mass is 79.9. The number of carbonyl (C=O) groups excluding carboxylic acids is 2. The second kappa shape index (κ2) is 8.53. The number of halogens is 3. The molecule has 1 aromatic carbocycles. The van der Waals surface area contributed by atoms with Crippen molar-refractivity contribution in [1.82, 2.24) is 9.88 Å². The fourth-order valence-corrected chi connectivity index (χ4v) is 4.11. The van der Waals surface area contributed by atoms with Crippen molar-refractivity contribution >= 4 is 67.1 Å². The van der Waals surface area contributed by atoms with E-state index < -0.39 is 6.04 Å². The van der Waals surface area contributed by atoms with E-state index >= 15 is 0 Å². The minimum absolute atomic E-state index is 0.177. The average molecular weight is 511 g/mol. The molecule has 1 aromatic heterocycles. The molecule has 2 aliphatic rings. The largest absolute Gasteiger partial charge is 0.339 e. The molecule has 1 fully saturated rings. The molecule has 7 nitrogen and oxygen atoms in total. The lowest BCUT2D eigenvalue weighted by Crippen LogP contribution is -2.39. The topological polar surface area (TPSA) is 77.9 Å². The van der Waals surface area contributed by atoms with Gasteiger partial charge in [-0.15, -0.1) is 0 Å². The molecule has 156 valence electrons. The van der Waals surface area contributed by atoms with Crippen molar-refractivity contribution in [3.05, 3.63) is 52.1 Å². The number of aromatic nitrogens is 1. The van der Waals surface area contributed by atoms with Gasteiger partial charge in [0.1, 0.15) is 10.7 Å². The van der Waals surface area contributed by atoms with Crippen molar-refractivity contribution in [2.24, 2.45) is 5.10 Å². The van der Waals surface area contributed by atoms with E-state index in [9.17, 15) is 9.59 Å². The van der Waals surface area contributed by atoms with E-state index in [0.29, 0.717) is 38.2 Å². The minimum Gasteiger partial charge on any atom is -0.339 e. The van der Waals surface area contributed by atoms with Gasteiger partial charge in [-0.25, -0.2) is 9.99 Å². The fraction of sp³-hybridized carbons (Fsp3) is 0.300. The predicted octanol–water partition coefficient (Wildman–Crippen LogP) is 4.55. The van der Waals surface area contributed by atoms with Crippen LogP contribution in [0.1, 0.15) is 29.6 Å². The van der Waals surface area contributed by atoms with E-state index in [4.69, 9.17) is 23.2 Å². The van der Waals surface area contributed by atoms with Crippen molar-refractivity contribution in [1.29, 1.82) is 0 Å². The molecule has 1 N–H and O–H groups in total. The first kappa shape index (κ1) is 21.1. The number of hydrogen-bond donors (Lipinski definition) is 1. The molecule has 1 aliphatic carbocycles. The first-order valence-electron chi connectivity index (χ1n) is 9.35. The molecule has 1 saturated carbocycles. The summed E-state index contributed by atoms with van der Waals surface area (Å²) in [6, 6.07) is 7.80. The maximum atomic E-state index is 13.2. The molecular formula is C20H18BrCl2N5O2. The van der Waals surface area contributed by atoms with Gasteiger partial charge in [-0.3, -0.25) is 9.59 Å². The highest BCUT2D eigenvalue weighted by Gasteiger charge is 2.36. The quantitative estimate of drug-likeness (QED) is 0.640. The number of anilines is 2. The van der Waals surface area contributed by atoms with Crippen molar-refractivity contribution in [2.45, 2.75) is 31.3 Å². The molecule has 0 radical (unpaired) electrons. The van der Waals surface area contributed by atoms with E-state index in [1.165, 1.54) is 5.01 Å². The van der Waals surface area contributed by atoms with Gasteiger partial charge in [0.05, 0.1) is 16.3 Å². The summed E-state index contributed by atoms with van der Waals surface area (Å²) in [4.78, 5) is 32.0. The molecule has 1 atom stereocenters. The van der Waals surface area contributed by atoms with Gasteiger partial charge in [0.15, 0.2) is 5.82 Å². The van der Waals surface area contributed by atoms with Gasteiger partial charge in [0.2, 0.25) is 5.91 Å². The van der Waals surface area contributed by atoms with Crippen LogP contribution in [0.3, 0.4) is 0 Å². The minimum atomic E-state index is -0.674. The Morgan fingerprint density at radius 2 is 2.03 bits per heavy atom. The van der Waals surface area contributed by atoms with Crippen LogP contribution in [0.15, 0.2) is 41.6 Å². The zero-order valence-electron chi connectivity index (χ0n) is 16.0. The van der Waals surface area contributed by atoms with Gasteiger partial charge in [-0.1, -0.05) is 23.2 Å². The van der Waals surface area contributed by atoms with Crippen LogP contribution < -0.4 is 10.3 Å². The maximum Gasteiger partial charge on any atom is 0.256 e. The molecular weight excluding hydrogens is 493 g/mol. The maximum absolute atomic E-state index is 13.2. The zero-order valence-corrected chi connectivity index (χ0v) is 19.1. The molecule has 2 aromatic rings. The zero-order chi connectivity index (χ0) is 21.4. The SMILES string of the molecule is CN(C(=O)c1cc(Cl)ccc1NC(=O)C1CC(Br)=NN1c1ncccc1Cl)C1CC1. The van der Waals surface area contributed by atoms with Crippen LogP contribution in [0.4, 0.5) is 11.5 Å². The van der Waals surface area contributed by atoms with E-state index in [-0.39, 0.29) is 17.9 Å². The van der Waals surface area contributed by atoms with Gasteiger partial charge in [-0.2, -0.15) is 5.10 Å². The normalized spacial score (nSPS) is 18.2. The number of hydrogen-bond acceptors (Lipinski definition) is 5. The second-order valence-electron chi connectivity index (χ2n) is 7.18. The molecule has 2 heterocycles. The van der Waals surface area contributed by atoms with Gasteiger partial charge < -0.3 is 10.2 Å². The van der Waals surface area contributed by atoms with Crippen molar-refractivity contribution in [3.63, 3.8) is 0 Å². The first-order valence-corrected chi connectivity index (χ1v) is 10.9. The number of hydrazone groups is 1. The third-order valence-corrected chi connectivity index (χ3v) is 6.03. The average Bonchev–Trinajstić information content (AvgIpc) is 3.50. The van der Waals surface area contributed by atoms with Gasteiger partial charge in [0, 0.05) is 30.7 Å². The summed E-state index contributed by atoms with van der Waals surface area (Å²) in [6.07, 6.45) is 3.90. The van der Waals surface area contributed by atoms with Crippen LogP contribution in [-0.4, -0.2) is 45.5 Å². The fourth-order valence-electron chi connectivity index (χ4n) is 3.25. The molecule has 0 saturated heterocycles. The lowest BCUT2D eigenvalue weighted by atomic mass is 10.1. The molecule has 1 unspecified atom stereocenters. The number of rotatable bonds is 5. The Morgan fingerprint density at radius 3 is 2.73 bits per heavy atom. The number of carbonyl (C=O) groups is 2. The molecule has 0 bridgehead atoms. The Labute approximate surface area is 192 Å². The summed E-state index contributed by atoms with van der Waals surface area (Å²) >= 11 is 15.7. The summed E-state index contributed by atoms with van der Waals surface area (Å²) < 4.78 is 0.602. The summed E-state index contributed by atoms with van der Waals surface area (Å²) in [6.45, 7) is 0. The smallest absolute Gasteiger partial charge is 0.256 e. The third-order valence-electron chi connectivity index (χ3n) is 5.02. The Balaban J connectivity index is 1.59. The molecule has 4 rings (SSSR count). The Bertz CT molecular complexity index is 1040. The van der Waals surface area contributed by atoms with Crippen LogP contribution in [0.5, 0.6) is 0 Å². The number of nitrogens with one attached hydrogen (secondary N) is 1. The lowest BCUT2D eigenvalue weighted by molar-refractivity contribution is -0.117. The van der Waals surface area contributed by atoms with Crippen molar-refractivity contribution in [2.75, 3.05) is 17.4 Å². The van der Waals surface area contributed by atoms with Crippen LogP contribution in [0, 0.1) is 0 Å². The Morgan fingerprint density at radius 1 is 1.27 bits per heavy atom. The molecule has 0 spiro atoms. The monoisotopic (exact) mass is 509 g/mol. The standard InChI is InChI=1S/C20H18BrCl2N5O2/c1-27(12-5-6-12)20(30)13-9-11(22)4-7-15(13)25-19(29)16-10-17(21)26-28(16)18-14(23)3-2-8-24-18/h2-4,7-9,12,16H,5-6,10H2,1H3,(H,25,29). The Kier molecular flexibility index (Phi) is 5.99. The summed E-state index contributed by atoms with van der Waals surface area (Å²) in [5.41, 5.74) is 0.752. The first-order chi connectivity index (χ1) is 14.3. The molecule has 2 amide bonds. The summed E-state index contributed by atoms with van der Waals surface area (Å²) in [5, 5.41) is 9.51. The Hall–Kier alpha value is -2.16. The van der Waals surface area contributed by atoms with Gasteiger partial charge in [-0.05, 0) is 59.1 Å².